The molecular weight excluding hydrogens is 470 g/mol. The standard InChI is InChI=1S/C38H78N/c1-3-5-7-9-11-13-15-17-19-20-22-24-26-28-30-32-36-39(37-33-34-38-39)35-31-29-27-25-23-21-18-16-14-12-10-8-6-4-2/h3-38H2,1-2H3/q+1. The molecule has 1 aliphatic heterocycles. The molecule has 1 rings (SSSR count). The third kappa shape index (κ3) is 24.3. The van der Waals surface area contributed by atoms with Gasteiger partial charge in [-0.3, -0.25) is 0 Å². The van der Waals surface area contributed by atoms with Crippen molar-refractivity contribution in [3.05, 3.63) is 0 Å². The topological polar surface area (TPSA) is 0 Å². The van der Waals surface area contributed by atoms with Crippen molar-refractivity contribution in [2.75, 3.05) is 26.2 Å². The van der Waals surface area contributed by atoms with Gasteiger partial charge >= 0.3 is 0 Å². The van der Waals surface area contributed by atoms with Crippen molar-refractivity contribution in [2.45, 2.75) is 219 Å². The molecular formula is C38H78N+. The summed E-state index contributed by atoms with van der Waals surface area (Å²) in [7, 11) is 0. The van der Waals surface area contributed by atoms with Crippen molar-refractivity contribution in [3.8, 4) is 0 Å². The Bertz CT molecular complexity index is 452. The zero-order valence-corrected chi connectivity index (χ0v) is 27.9. The van der Waals surface area contributed by atoms with Gasteiger partial charge in [0.15, 0.2) is 0 Å². The van der Waals surface area contributed by atoms with Gasteiger partial charge in [-0.2, -0.15) is 0 Å². The summed E-state index contributed by atoms with van der Waals surface area (Å²) in [6.45, 7) is 10.6. The number of hydrogen-bond donors (Lipinski definition) is 0. The van der Waals surface area contributed by atoms with Crippen molar-refractivity contribution in [1.82, 2.24) is 0 Å². The summed E-state index contributed by atoms with van der Waals surface area (Å²) in [5.74, 6) is 0. The molecule has 0 unspecified atom stereocenters. The van der Waals surface area contributed by atoms with E-state index in [1.165, 1.54) is 236 Å². The van der Waals surface area contributed by atoms with E-state index >= 15 is 0 Å². The van der Waals surface area contributed by atoms with Crippen LogP contribution in [0.3, 0.4) is 0 Å². The fraction of sp³-hybridized carbons (Fsp3) is 1.00. The Hall–Kier alpha value is -0.0400. The second-order valence-corrected chi connectivity index (χ2v) is 13.8. The van der Waals surface area contributed by atoms with Crippen LogP contribution in [0.5, 0.6) is 0 Å². The molecule has 0 radical (unpaired) electrons. The van der Waals surface area contributed by atoms with Crippen LogP contribution >= 0.6 is 0 Å². The molecule has 1 saturated heterocycles. The largest absolute Gasteiger partial charge is 0.324 e. The SMILES string of the molecule is CCCCCCCCCCCCCCCCCC[N+]1(CCCCCCCCCCCCCCCC)CCCC1. The molecule has 39 heavy (non-hydrogen) atoms. The zero-order valence-electron chi connectivity index (χ0n) is 27.9. The lowest BCUT2D eigenvalue weighted by atomic mass is 10.0. The van der Waals surface area contributed by atoms with Gasteiger partial charge in [0.2, 0.25) is 0 Å². The molecule has 1 aliphatic rings. The summed E-state index contributed by atoms with van der Waals surface area (Å²) in [6.07, 6.45) is 47.4. The Morgan fingerprint density at radius 1 is 0.282 bits per heavy atom. The molecule has 1 fully saturated rings. The van der Waals surface area contributed by atoms with Gasteiger partial charge in [0, 0.05) is 12.8 Å². The maximum atomic E-state index is 2.31. The van der Waals surface area contributed by atoms with Gasteiger partial charge in [-0.25, -0.2) is 0 Å². The first-order chi connectivity index (χ1) is 19.3. The van der Waals surface area contributed by atoms with E-state index in [1.807, 2.05) is 0 Å². The molecule has 0 aromatic heterocycles. The van der Waals surface area contributed by atoms with Crippen molar-refractivity contribution in [1.29, 1.82) is 0 Å². The number of likely N-dealkylation sites (tertiary alicyclic amines) is 1. The molecule has 1 heterocycles. The minimum atomic E-state index is 1.37. The van der Waals surface area contributed by atoms with E-state index in [1.54, 1.807) is 0 Å². The summed E-state index contributed by atoms with van der Waals surface area (Å²) in [5, 5.41) is 0. The van der Waals surface area contributed by atoms with E-state index in [-0.39, 0.29) is 0 Å². The smallest absolute Gasteiger partial charge is 0.0788 e. The van der Waals surface area contributed by atoms with E-state index < -0.39 is 0 Å². The van der Waals surface area contributed by atoms with Crippen LogP contribution in [0.4, 0.5) is 0 Å². The first kappa shape index (κ1) is 37.0. The maximum absolute atomic E-state index is 2.31. The summed E-state index contributed by atoms with van der Waals surface area (Å²) in [6, 6.07) is 0. The Kier molecular flexibility index (Phi) is 27.9. The summed E-state index contributed by atoms with van der Waals surface area (Å²) in [5.41, 5.74) is 0. The molecule has 0 N–H and O–H groups in total. The molecule has 0 saturated carbocycles. The number of unbranched alkanes of at least 4 members (excludes halogenated alkanes) is 28. The highest BCUT2D eigenvalue weighted by Crippen LogP contribution is 2.23. The molecule has 0 bridgehead atoms. The molecule has 234 valence electrons. The molecule has 0 aromatic carbocycles. The van der Waals surface area contributed by atoms with Crippen molar-refractivity contribution in [2.24, 2.45) is 0 Å². The quantitative estimate of drug-likeness (QED) is 0.0579. The number of quaternary nitrogens is 1. The molecule has 0 amide bonds. The molecule has 0 aliphatic carbocycles. The first-order valence-corrected chi connectivity index (χ1v) is 19.2. The molecule has 0 spiro atoms. The summed E-state index contributed by atoms with van der Waals surface area (Å²) < 4.78 is 1.50. The molecule has 0 atom stereocenters. The number of nitrogens with zero attached hydrogens (tertiary/aromatic N) is 1. The van der Waals surface area contributed by atoms with Crippen molar-refractivity contribution in [3.63, 3.8) is 0 Å². The van der Waals surface area contributed by atoms with Crippen LogP contribution in [-0.4, -0.2) is 30.7 Å². The molecule has 1 nitrogen and oxygen atoms in total. The predicted molar refractivity (Wildman–Crippen MR) is 179 cm³/mol. The van der Waals surface area contributed by atoms with Gasteiger partial charge < -0.3 is 4.48 Å². The fourth-order valence-corrected chi connectivity index (χ4v) is 7.20. The van der Waals surface area contributed by atoms with Crippen LogP contribution in [0.15, 0.2) is 0 Å². The number of hydrogen-bond acceptors (Lipinski definition) is 0. The van der Waals surface area contributed by atoms with E-state index in [9.17, 15) is 0 Å². The average Bonchev–Trinajstić information content (AvgIpc) is 3.42. The van der Waals surface area contributed by atoms with Gasteiger partial charge in [-0.15, -0.1) is 0 Å². The zero-order chi connectivity index (χ0) is 28.0. The van der Waals surface area contributed by atoms with E-state index in [0.29, 0.717) is 0 Å². The van der Waals surface area contributed by atoms with Crippen LogP contribution in [0, 0.1) is 0 Å². The minimum Gasteiger partial charge on any atom is -0.324 e. The Morgan fingerprint density at radius 3 is 0.718 bits per heavy atom. The van der Waals surface area contributed by atoms with E-state index in [0.717, 1.165) is 0 Å². The normalized spacial score (nSPS) is 14.9. The minimum absolute atomic E-state index is 1.37. The van der Waals surface area contributed by atoms with Crippen LogP contribution in [0.2, 0.25) is 0 Å². The lowest BCUT2D eigenvalue weighted by Crippen LogP contribution is -2.46. The van der Waals surface area contributed by atoms with Gasteiger partial charge in [0.25, 0.3) is 0 Å². The van der Waals surface area contributed by atoms with Gasteiger partial charge in [0.05, 0.1) is 26.2 Å². The van der Waals surface area contributed by atoms with Crippen LogP contribution in [0.25, 0.3) is 0 Å². The highest BCUT2D eigenvalue weighted by atomic mass is 15.4. The maximum Gasteiger partial charge on any atom is 0.0788 e. The lowest BCUT2D eigenvalue weighted by Gasteiger charge is -2.34. The number of rotatable bonds is 32. The average molecular weight is 549 g/mol. The second kappa shape index (κ2) is 29.5. The third-order valence-electron chi connectivity index (χ3n) is 9.99. The van der Waals surface area contributed by atoms with Gasteiger partial charge in [-0.05, 0) is 25.7 Å². The monoisotopic (exact) mass is 549 g/mol. The van der Waals surface area contributed by atoms with E-state index in [2.05, 4.69) is 13.8 Å². The lowest BCUT2D eigenvalue weighted by molar-refractivity contribution is -0.917. The van der Waals surface area contributed by atoms with Gasteiger partial charge in [0.1, 0.15) is 0 Å². The summed E-state index contributed by atoms with van der Waals surface area (Å²) >= 11 is 0. The predicted octanol–water partition coefficient (Wildman–Crippen LogP) is 13.3. The molecule has 1 heteroatoms. The second-order valence-electron chi connectivity index (χ2n) is 13.8. The first-order valence-electron chi connectivity index (χ1n) is 19.2. The Labute approximate surface area is 249 Å². The summed E-state index contributed by atoms with van der Waals surface area (Å²) in [4.78, 5) is 0. The Balaban J connectivity index is 1.86. The van der Waals surface area contributed by atoms with Crippen molar-refractivity contribution >= 4 is 0 Å². The Morgan fingerprint density at radius 2 is 0.487 bits per heavy atom. The van der Waals surface area contributed by atoms with Gasteiger partial charge in [-0.1, -0.05) is 181 Å². The third-order valence-corrected chi connectivity index (χ3v) is 9.99. The highest BCUT2D eigenvalue weighted by Gasteiger charge is 2.30. The van der Waals surface area contributed by atoms with E-state index in [4.69, 9.17) is 0 Å². The van der Waals surface area contributed by atoms with Crippen LogP contribution in [0.1, 0.15) is 219 Å². The van der Waals surface area contributed by atoms with Crippen LogP contribution in [-0.2, 0) is 0 Å². The van der Waals surface area contributed by atoms with Crippen molar-refractivity contribution < 1.29 is 4.48 Å². The highest BCUT2D eigenvalue weighted by molar-refractivity contribution is 4.58. The van der Waals surface area contributed by atoms with Crippen LogP contribution < -0.4 is 0 Å². The molecule has 0 aromatic rings. The fourth-order valence-electron chi connectivity index (χ4n) is 7.20.